The third-order valence-electron chi connectivity index (χ3n) is 2.87. The Morgan fingerprint density at radius 3 is 2.35 bits per heavy atom. The number of rotatable bonds is 6. The molecule has 0 atom stereocenters. The summed E-state index contributed by atoms with van der Waals surface area (Å²) in [6.07, 6.45) is 0. The van der Waals surface area contributed by atoms with Crippen LogP contribution in [-0.4, -0.2) is 38.1 Å². The highest BCUT2D eigenvalue weighted by atomic mass is 16.5. The van der Waals surface area contributed by atoms with E-state index in [4.69, 9.17) is 4.74 Å². The van der Waals surface area contributed by atoms with Crippen LogP contribution in [0.15, 0.2) is 24.3 Å². The van der Waals surface area contributed by atoms with Crippen molar-refractivity contribution in [3.05, 3.63) is 24.3 Å². The Balaban J connectivity index is 2.74. The molecule has 1 aromatic rings. The Kier molecular flexibility index (Phi) is 5.66. The summed E-state index contributed by atoms with van der Waals surface area (Å²) in [5.41, 5.74) is 0.552. The van der Waals surface area contributed by atoms with Crippen LogP contribution in [0.2, 0.25) is 0 Å². The molecule has 0 saturated heterocycles. The first-order valence-corrected chi connectivity index (χ1v) is 6.28. The number of benzene rings is 1. The average Bonchev–Trinajstić information content (AvgIpc) is 2.39. The molecule has 20 heavy (non-hydrogen) atoms. The molecule has 0 aliphatic rings. The molecule has 0 radical (unpaired) electrons. The van der Waals surface area contributed by atoms with Crippen molar-refractivity contribution in [3.63, 3.8) is 0 Å². The Morgan fingerprint density at radius 1 is 1.20 bits per heavy atom. The minimum absolute atomic E-state index is 0.0105. The number of likely N-dealkylation sites (N-methyl/N-ethyl adjacent to an activating group) is 1. The second-order valence-electron chi connectivity index (χ2n) is 4.89. The first-order valence-electron chi connectivity index (χ1n) is 6.28. The van der Waals surface area contributed by atoms with Gasteiger partial charge in [-0.15, -0.1) is 0 Å². The van der Waals surface area contributed by atoms with Gasteiger partial charge < -0.3 is 20.7 Å². The molecule has 110 valence electrons. The van der Waals surface area contributed by atoms with Crippen LogP contribution in [0.1, 0.15) is 13.8 Å². The van der Waals surface area contributed by atoms with Crippen molar-refractivity contribution in [2.45, 2.75) is 19.4 Å². The van der Waals surface area contributed by atoms with Gasteiger partial charge in [-0.2, -0.15) is 0 Å². The molecule has 6 nitrogen and oxygen atoms in total. The van der Waals surface area contributed by atoms with Crippen LogP contribution in [0.5, 0.6) is 0 Å². The van der Waals surface area contributed by atoms with Crippen LogP contribution < -0.4 is 16.0 Å². The van der Waals surface area contributed by atoms with Crippen LogP contribution in [0.25, 0.3) is 0 Å². The van der Waals surface area contributed by atoms with Crippen LogP contribution in [0, 0.1) is 0 Å². The maximum Gasteiger partial charge on any atom is 0.250 e. The van der Waals surface area contributed by atoms with Gasteiger partial charge in [-0.1, -0.05) is 6.07 Å². The van der Waals surface area contributed by atoms with Gasteiger partial charge in [0.05, 0.1) is 5.54 Å². The molecule has 0 aromatic heterocycles. The van der Waals surface area contributed by atoms with Gasteiger partial charge in [0.1, 0.15) is 6.61 Å². The molecule has 1 rings (SSSR count). The molecular formula is C14H21N3O3. The molecule has 0 bridgehead atoms. The van der Waals surface area contributed by atoms with Crippen molar-refractivity contribution in [3.8, 4) is 0 Å². The second kappa shape index (κ2) is 7.02. The fourth-order valence-electron chi connectivity index (χ4n) is 1.40. The third kappa shape index (κ3) is 4.64. The van der Waals surface area contributed by atoms with Crippen molar-refractivity contribution in [1.82, 2.24) is 5.32 Å². The van der Waals surface area contributed by atoms with Gasteiger partial charge in [0.15, 0.2) is 0 Å². The first kappa shape index (κ1) is 16.1. The van der Waals surface area contributed by atoms with Gasteiger partial charge in [0, 0.05) is 18.5 Å². The predicted molar refractivity (Wildman–Crippen MR) is 78.7 cm³/mol. The molecule has 1 aromatic carbocycles. The summed E-state index contributed by atoms with van der Waals surface area (Å²) in [7, 11) is 3.18. The highest BCUT2D eigenvalue weighted by molar-refractivity contribution is 5.98. The SMILES string of the molecule is CNC(C)(C)C(=O)Nc1cccc(NC(=O)COC)c1. The number of anilines is 2. The number of hydrogen-bond acceptors (Lipinski definition) is 4. The molecule has 2 amide bonds. The van der Waals surface area contributed by atoms with Gasteiger partial charge in [-0.3, -0.25) is 9.59 Å². The quantitative estimate of drug-likeness (QED) is 0.731. The zero-order chi connectivity index (χ0) is 15.2. The lowest BCUT2D eigenvalue weighted by atomic mass is 10.1. The minimum Gasteiger partial charge on any atom is -0.375 e. The van der Waals surface area contributed by atoms with Crippen LogP contribution in [0.3, 0.4) is 0 Å². The lowest BCUT2D eigenvalue weighted by molar-refractivity contribution is -0.121. The average molecular weight is 279 g/mol. The van der Waals surface area contributed by atoms with E-state index in [0.717, 1.165) is 0 Å². The van der Waals surface area contributed by atoms with E-state index in [1.54, 1.807) is 45.2 Å². The number of nitrogens with one attached hydrogen (secondary N) is 3. The van der Waals surface area contributed by atoms with Crippen molar-refractivity contribution in [2.24, 2.45) is 0 Å². The summed E-state index contributed by atoms with van der Waals surface area (Å²) in [5.74, 6) is -0.396. The Hall–Kier alpha value is -1.92. The van der Waals surface area contributed by atoms with E-state index >= 15 is 0 Å². The number of amides is 2. The monoisotopic (exact) mass is 279 g/mol. The van der Waals surface area contributed by atoms with Crippen LogP contribution in [-0.2, 0) is 14.3 Å². The van der Waals surface area contributed by atoms with Crippen molar-refractivity contribution in [2.75, 3.05) is 31.4 Å². The van der Waals surface area contributed by atoms with E-state index in [2.05, 4.69) is 16.0 Å². The van der Waals surface area contributed by atoms with Gasteiger partial charge in [-0.25, -0.2) is 0 Å². The summed E-state index contributed by atoms with van der Waals surface area (Å²) in [5, 5.41) is 8.40. The lowest BCUT2D eigenvalue weighted by Gasteiger charge is -2.22. The highest BCUT2D eigenvalue weighted by Crippen LogP contribution is 2.16. The number of methoxy groups -OCH3 is 1. The van der Waals surface area contributed by atoms with E-state index in [-0.39, 0.29) is 18.4 Å². The standard InChI is InChI=1S/C14H21N3O3/c1-14(2,15-3)13(19)17-11-7-5-6-10(8-11)16-12(18)9-20-4/h5-8,15H,9H2,1-4H3,(H,16,18)(H,17,19). The fourth-order valence-corrected chi connectivity index (χ4v) is 1.40. The molecule has 0 aliphatic carbocycles. The van der Waals surface area contributed by atoms with Crippen LogP contribution in [0.4, 0.5) is 11.4 Å². The molecule has 0 aliphatic heterocycles. The zero-order valence-corrected chi connectivity index (χ0v) is 12.2. The van der Waals surface area contributed by atoms with E-state index in [1.807, 2.05) is 0 Å². The Labute approximate surface area is 118 Å². The van der Waals surface area contributed by atoms with E-state index in [1.165, 1.54) is 7.11 Å². The minimum atomic E-state index is -0.671. The van der Waals surface area contributed by atoms with Crippen LogP contribution >= 0.6 is 0 Å². The maximum absolute atomic E-state index is 12.0. The Bertz CT molecular complexity index is 486. The second-order valence-corrected chi connectivity index (χ2v) is 4.89. The Morgan fingerprint density at radius 2 is 1.80 bits per heavy atom. The summed E-state index contributed by atoms with van der Waals surface area (Å²) in [6.45, 7) is 3.56. The normalized spacial score (nSPS) is 11.0. The predicted octanol–water partition coefficient (Wildman–Crippen LogP) is 1.21. The molecule has 0 unspecified atom stereocenters. The molecule has 6 heteroatoms. The summed E-state index contributed by atoms with van der Waals surface area (Å²) in [6, 6.07) is 6.95. The topological polar surface area (TPSA) is 79.5 Å². The smallest absolute Gasteiger partial charge is 0.250 e. The van der Waals surface area contributed by atoms with E-state index in [0.29, 0.717) is 11.4 Å². The lowest BCUT2D eigenvalue weighted by Crippen LogP contribution is -2.47. The molecule has 0 saturated carbocycles. The number of carbonyl (C=O) groups excluding carboxylic acids is 2. The molecule has 0 fully saturated rings. The molecule has 3 N–H and O–H groups in total. The van der Waals surface area contributed by atoms with E-state index in [9.17, 15) is 9.59 Å². The van der Waals surface area contributed by atoms with E-state index < -0.39 is 5.54 Å². The number of carbonyl (C=O) groups is 2. The number of hydrogen-bond donors (Lipinski definition) is 3. The molecular weight excluding hydrogens is 258 g/mol. The van der Waals surface area contributed by atoms with Crippen molar-refractivity contribution >= 4 is 23.2 Å². The summed E-state index contributed by atoms with van der Waals surface area (Å²) in [4.78, 5) is 23.4. The zero-order valence-electron chi connectivity index (χ0n) is 12.2. The van der Waals surface area contributed by atoms with Gasteiger partial charge >= 0.3 is 0 Å². The summed E-state index contributed by atoms with van der Waals surface area (Å²) < 4.78 is 4.74. The van der Waals surface area contributed by atoms with Gasteiger partial charge in [0.25, 0.3) is 0 Å². The third-order valence-corrected chi connectivity index (χ3v) is 2.87. The first-order chi connectivity index (χ1) is 9.39. The molecule has 0 spiro atoms. The van der Waals surface area contributed by atoms with Crippen molar-refractivity contribution in [1.29, 1.82) is 0 Å². The maximum atomic E-state index is 12.0. The van der Waals surface area contributed by atoms with Gasteiger partial charge in [0.2, 0.25) is 11.8 Å². The summed E-state index contributed by atoms with van der Waals surface area (Å²) >= 11 is 0. The van der Waals surface area contributed by atoms with Gasteiger partial charge in [-0.05, 0) is 39.1 Å². The molecule has 0 heterocycles. The fraction of sp³-hybridized carbons (Fsp3) is 0.429. The number of ether oxygens (including phenoxy) is 1. The van der Waals surface area contributed by atoms with Crippen molar-refractivity contribution < 1.29 is 14.3 Å². The largest absolute Gasteiger partial charge is 0.375 e. The highest BCUT2D eigenvalue weighted by Gasteiger charge is 2.25.